The number of rotatable bonds is 6. The lowest BCUT2D eigenvalue weighted by Gasteiger charge is -2.39. The van der Waals surface area contributed by atoms with E-state index in [4.69, 9.17) is 4.74 Å². The number of aromatic nitrogens is 4. The van der Waals surface area contributed by atoms with Crippen molar-refractivity contribution in [3.8, 4) is 11.3 Å². The zero-order valence-electron chi connectivity index (χ0n) is 26.8. The van der Waals surface area contributed by atoms with Crippen LogP contribution in [0, 0.1) is 12.7 Å². The van der Waals surface area contributed by atoms with Gasteiger partial charge < -0.3 is 15.0 Å². The first-order valence-corrected chi connectivity index (χ1v) is 15.5. The second-order valence-electron chi connectivity index (χ2n) is 12.5. The van der Waals surface area contributed by atoms with Gasteiger partial charge in [-0.2, -0.15) is 0 Å². The molecule has 1 aliphatic rings. The molecular formula is C36H36FN7O3. The van der Waals surface area contributed by atoms with Gasteiger partial charge in [0.15, 0.2) is 0 Å². The molecule has 1 fully saturated rings. The number of nitrogens with zero attached hydrogens (tertiary/aromatic N) is 6. The van der Waals surface area contributed by atoms with E-state index in [0.717, 1.165) is 21.9 Å². The average Bonchev–Trinajstić information content (AvgIpc) is 3.05. The zero-order valence-corrected chi connectivity index (χ0v) is 26.8. The van der Waals surface area contributed by atoms with E-state index in [1.54, 1.807) is 46.7 Å². The highest BCUT2D eigenvalue weighted by Gasteiger charge is 2.36. The first-order valence-electron chi connectivity index (χ1n) is 15.5. The average molecular weight is 634 g/mol. The van der Waals surface area contributed by atoms with Crippen molar-refractivity contribution in [2.75, 3.05) is 23.3 Å². The summed E-state index contributed by atoms with van der Waals surface area (Å²) in [6.45, 7) is 8.12. The van der Waals surface area contributed by atoms with Gasteiger partial charge in [0.05, 0.1) is 17.3 Å². The summed E-state index contributed by atoms with van der Waals surface area (Å²) in [5, 5.41) is 4.74. The maximum atomic E-state index is 15.9. The lowest BCUT2D eigenvalue weighted by atomic mass is 10.00. The van der Waals surface area contributed by atoms with E-state index in [0.29, 0.717) is 36.6 Å². The van der Waals surface area contributed by atoms with Crippen LogP contribution in [0.2, 0.25) is 0 Å². The third-order valence-electron chi connectivity index (χ3n) is 7.93. The van der Waals surface area contributed by atoms with E-state index < -0.39 is 29.5 Å². The second-order valence-corrected chi connectivity index (χ2v) is 12.5. The van der Waals surface area contributed by atoms with Gasteiger partial charge in [0, 0.05) is 54.5 Å². The predicted octanol–water partition coefficient (Wildman–Crippen LogP) is 7.32. The summed E-state index contributed by atoms with van der Waals surface area (Å²) in [4.78, 5) is 48.2. The summed E-state index contributed by atoms with van der Waals surface area (Å²) >= 11 is 0. The summed E-state index contributed by atoms with van der Waals surface area (Å²) in [6, 6.07) is 17.0. The van der Waals surface area contributed by atoms with Gasteiger partial charge in [0.25, 0.3) is 5.91 Å². The van der Waals surface area contributed by atoms with Crippen molar-refractivity contribution in [2.24, 2.45) is 0 Å². The standard InChI is InChI=1S/C36H36FN7O3/c1-23-7-5-8-25-14-18-39-32(31(23)25)44(27-9-6-20-43(22-27)35(46)47-36(2,3)4)33(45)28-11-10-26(21-29(28)37)41-34-40-19-15-30(42-34)24-12-16-38-17-13-24/h5,7-8,10-19,21,27H,6,9,20,22H2,1-4H3,(H,40,41,42)/t27-/m1/s1. The number of halogens is 1. The molecule has 0 bridgehead atoms. The van der Waals surface area contributed by atoms with Gasteiger partial charge in [-0.1, -0.05) is 18.2 Å². The molecular weight excluding hydrogens is 597 g/mol. The number of pyridine rings is 2. The Morgan fingerprint density at radius 1 is 1.00 bits per heavy atom. The quantitative estimate of drug-likeness (QED) is 0.207. The number of carbonyl (C=O) groups is 2. The molecule has 0 radical (unpaired) electrons. The highest BCUT2D eigenvalue weighted by atomic mass is 19.1. The number of anilines is 3. The molecule has 2 amide bonds. The van der Waals surface area contributed by atoms with Gasteiger partial charge in [-0.15, -0.1) is 0 Å². The van der Waals surface area contributed by atoms with Crippen molar-refractivity contribution in [1.29, 1.82) is 0 Å². The third kappa shape index (κ3) is 7.04. The smallest absolute Gasteiger partial charge is 0.410 e. The summed E-state index contributed by atoms with van der Waals surface area (Å²) in [5.74, 6) is -0.569. The number of carbonyl (C=O) groups excluding carboxylic acids is 2. The van der Waals surface area contributed by atoms with Crippen LogP contribution in [0.5, 0.6) is 0 Å². The number of benzene rings is 2. The Balaban J connectivity index is 1.33. The van der Waals surface area contributed by atoms with Crippen molar-refractivity contribution >= 4 is 40.2 Å². The summed E-state index contributed by atoms with van der Waals surface area (Å²) in [5.41, 5.74) is 2.06. The molecule has 1 saturated heterocycles. The highest BCUT2D eigenvalue weighted by Crippen LogP contribution is 2.33. The Kier molecular flexibility index (Phi) is 8.80. The zero-order chi connectivity index (χ0) is 33.1. The Morgan fingerprint density at radius 2 is 1.79 bits per heavy atom. The minimum atomic E-state index is -0.716. The van der Waals surface area contributed by atoms with Crippen LogP contribution >= 0.6 is 0 Å². The molecule has 2 aromatic carbocycles. The number of hydrogen-bond donors (Lipinski definition) is 1. The summed E-state index contributed by atoms with van der Waals surface area (Å²) < 4.78 is 21.6. The van der Waals surface area contributed by atoms with Gasteiger partial charge in [0.1, 0.15) is 17.2 Å². The first-order chi connectivity index (χ1) is 22.6. The van der Waals surface area contributed by atoms with Gasteiger partial charge in [0.2, 0.25) is 5.95 Å². The normalized spacial score (nSPS) is 14.9. The van der Waals surface area contributed by atoms with Crippen molar-refractivity contribution < 1.29 is 18.7 Å². The van der Waals surface area contributed by atoms with Crippen molar-refractivity contribution in [2.45, 2.75) is 52.2 Å². The SMILES string of the molecule is Cc1cccc2ccnc(N(C(=O)c3ccc(Nc4nccc(-c5ccncc5)n4)cc3F)[C@@H]3CCCN(C(=O)OC(C)(C)C)C3)c12. The molecule has 11 heteroatoms. The Morgan fingerprint density at radius 3 is 2.55 bits per heavy atom. The van der Waals surface area contributed by atoms with Crippen LogP contribution in [0.4, 0.5) is 26.6 Å². The van der Waals surface area contributed by atoms with E-state index in [9.17, 15) is 9.59 Å². The van der Waals surface area contributed by atoms with Crippen LogP contribution in [0.3, 0.4) is 0 Å². The largest absolute Gasteiger partial charge is 0.444 e. The number of nitrogens with one attached hydrogen (secondary N) is 1. The topological polar surface area (TPSA) is 113 Å². The predicted molar refractivity (Wildman–Crippen MR) is 179 cm³/mol. The van der Waals surface area contributed by atoms with E-state index in [1.165, 1.54) is 12.1 Å². The van der Waals surface area contributed by atoms with Crippen LogP contribution in [0.25, 0.3) is 22.0 Å². The van der Waals surface area contributed by atoms with Crippen molar-refractivity contribution in [3.05, 3.63) is 102 Å². The molecule has 3 aromatic heterocycles. The van der Waals surface area contributed by atoms with E-state index in [2.05, 4.69) is 25.3 Å². The van der Waals surface area contributed by atoms with Crippen LogP contribution in [0.15, 0.2) is 85.5 Å². The Labute approximate surface area is 272 Å². The number of aryl methyl sites for hydroxylation is 1. The van der Waals surface area contributed by atoms with E-state index in [1.807, 2.05) is 64.1 Å². The molecule has 4 heterocycles. The van der Waals surface area contributed by atoms with Crippen molar-refractivity contribution in [3.63, 3.8) is 0 Å². The fourth-order valence-corrected chi connectivity index (χ4v) is 5.79. The Bertz CT molecular complexity index is 1920. The molecule has 0 saturated carbocycles. The van der Waals surface area contributed by atoms with Gasteiger partial charge >= 0.3 is 6.09 Å². The Hall–Kier alpha value is -5.45. The van der Waals surface area contributed by atoms with Crippen LogP contribution < -0.4 is 10.2 Å². The highest BCUT2D eigenvalue weighted by molar-refractivity contribution is 6.11. The fraction of sp³-hybridized carbons (Fsp3) is 0.278. The van der Waals surface area contributed by atoms with Crippen LogP contribution in [0.1, 0.15) is 49.5 Å². The fourth-order valence-electron chi connectivity index (χ4n) is 5.79. The van der Waals surface area contributed by atoms with Gasteiger partial charge in [-0.3, -0.25) is 14.7 Å². The molecule has 0 aliphatic carbocycles. The number of piperidine rings is 1. The molecule has 6 rings (SSSR count). The molecule has 240 valence electrons. The van der Waals surface area contributed by atoms with Crippen LogP contribution in [-0.2, 0) is 4.74 Å². The molecule has 10 nitrogen and oxygen atoms in total. The number of amides is 2. The minimum absolute atomic E-state index is 0.121. The molecule has 1 atom stereocenters. The molecule has 0 spiro atoms. The molecule has 1 aliphatic heterocycles. The van der Waals surface area contributed by atoms with Gasteiger partial charge in [-0.25, -0.2) is 24.1 Å². The summed E-state index contributed by atoms with van der Waals surface area (Å²) in [6.07, 6.45) is 7.40. The minimum Gasteiger partial charge on any atom is -0.444 e. The number of ether oxygens (including phenoxy) is 1. The van der Waals surface area contributed by atoms with Gasteiger partial charge in [-0.05, 0) is 94.0 Å². The molecule has 0 unspecified atom stereocenters. The second kappa shape index (κ2) is 13.1. The maximum Gasteiger partial charge on any atom is 0.410 e. The molecule has 5 aromatic rings. The monoisotopic (exact) mass is 633 g/mol. The number of hydrogen-bond acceptors (Lipinski definition) is 8. The van der Waals surface area contributed by atoms with Crippen LogP contribution in [-0.4, -0.2) is 61.6 Å². The maximum absolute atomic E-state index is 15.9. The number of likely N-dealkylation sites (tertiary alicyclic amines) is 1. The molecule has 1 N–H and O–H groups in total. The van der Waals surface area contributed by atoms with E-state index >= 15 is 4.39 Å². The number of fused-ring (bicyclic) bond motifs is 1. The summed E-state index contributed by atoms with van der Waals surface area (Å²) in [7, 11) is 0. The first kappa shape index (κ1) is 31.5. The molecule has 47 heavy (non-hydrogen) atoms. The van der Waals surface area contributed by atoms with E-state index in [-0.39, 0.29) is 18.1 Å². The van der Waals surface area contributed by atoms with Crippen molar-refractivity contribution in [1.82, 2.24) is 24.8 Å². The lowest BCUT2D eigenvalue weighted by molar-refractivity contribution is 0.0196. The third-order valence-corrected chi connectivity index (χ3v) is 7.93. The lowest BCUT2D eigenvalue weighted by Crippen LogP contribution is -2.53.